The zero-order valence-electron chi connectivity index (χ0n) is 14.3. The number of nitrogen functional groups attached to an aromatic ring is 1. The molecule has 0 bridgehead atoms. The molecule has 2 heterocycles. The number of halogens is 1. The maximum atomic E-state index is 13.0. The fourth-order valence-electron chi connectivity index (χ4n) is 3.48. The first-order valence-electron chi connectivity index (χ1n) is 8.43. The Morgan fingerprint density at radius 2 is 2.20 bits per heavy atom. The van der Waals surface area contributed by atoms with Gasteiger partial charge in [0.05, 0.1) is 29.9 Å². The molecular formula is C17H23ClN4O3. The minimum absolute atomic E-state index is 0.0579. The Morgan fingerprint density at radius 1 is 1.40 bits per heavy atom. The summed E-state index contributed by atoms with van der Waals surface area (Å²) in [5, 5.41) is 3.40. The zero-order chi connectivity index (χ0) is 18.0. The summed E-state index contributed by atoms with van der Waals surface area (Å²) in [5.41, 5.74) is 6.56. The van der Waals surface area contributed by atoms with Gasteiger partial charge in [-0.25, -0.2) is 0 Å². The molecule has 1 aromatic carbocycles. The lowest BCUT2D eigenvalue weighted by Gasteiger charge is -2.41. The Labute approximate surface area is 152 Å². The van der Waals surface area contributed by atoms with Crippen LogP contribution in [0.5, 0.6) is 5.75 Å². The van der Waals surface area contributed by atoms with Gasteiger partial charge >= 0.3 is 0 Å². The molecular weight excluding hydrogens is 344 g/mol. The minimum atomic E-state index is -0.147. The summed E-state index contributed by atoms with van der Waals surface area (Å²) < 4.78 is 5.29. The van der Waals surface area contributed by atoms with Crippen molar-refractivity contribution < 1.29 is 14.3 Å². The fraction of sp³-hybridized carbons (Fsp3) is 0.529. The number of benzene rings is 1. The number of piperidine rings is 1. The van der Waals surface area contributed by atoms with Crippen molar-refractivity contribution in [2.24, 2.45) is 0 Å². The van der Waals surface area contributed by atoms with Crippen molar-refractivity contribution in [3.05, 3.63) is 22.7 Å². The molecule has 0 saturated carbocycles. The number of hydrogen-bond donors (Lipinski definition) is 2. The molecule has 1 atom stereocenters. The van der Waals surface area contributed by atoms with Crippen LogP contribution in [0, 0.1) is 0 Å². The van der Waals surface area contributed by atoms with Crippen molar-refractivity contribution in [2.75, 3.05) is 45.6 Å². The topological polar surface area (TPSA) is 87.9 Å². The zero-order valence-corrected chi connectivity index (χ0v) is 15.0. The SMILES string of the molecule is COc1cc(N)c(Cl)cc1C(=O)N1CCCC(N2CCNCC2=O)C1. The number of ether oxygens (including phenoxy) is 1. The highest BCUT2D eigenvalue weighted by molar-refractivity contribution is 6.33. The number of likely N-dealkylation sites (tertiary alicyclic amines) is 1. The first-order chi connectivity index (χ1) is 12.0. The Balaban J connectivity index is 1.78. The second-order valence-corrected chi connectivity index (χ2v) is 6.79. The predicted molar refractivity (Wildman–Crippen MR) is 95.9 cm³/mol. The molecule has 1 unspecified atom stereocenters. The highest BCUT2D eigenvalue weighted by Gasteiger charge is 2.32. The molecule has 2 fully saturated rings. The normalized spacial score (nSPS) is 21.4. The number of rotatable bonds is 3. The molecule has 0 aromatic heterocycles. The Kier molecular flexibility index (Phi) is 5.34. The fourth-order valence-corrected chi connectivity index (χ4v) is 3.64. The molecule has 3 N–H and O–H groups in total. The molecule has 7 nitrogen and oxygen atoms in total. The van der Waals surface area contributed by atoms with Gasteiger partial charge < -0.3 is 25.6 Å². The van der Waals surface area contributed by atoms with E-state index in [0.717, 1.165) is 19.4 Å². The van der Waals surface area contributed by atoms with Crippen LogP contribution < -0.4 is 15.8 Å². The molecule has 2 aliphatic rings. The summed E-state index contributed by atoms with van der Waals surface area (Å²) in [6, 6.07) is 3.18. The molecule has 2 amide bonds. The number of piperazine rings is 1. The minimum Gasteiger partial charge on any atom is -0.496 e. The number of methoxy groups -OCH3 is 1. The first-order valence-corrected chi connectivity index (χ1v) is 8.81. The lowest BCUT2D eigenvalue weighted by atomic mass is 10.0. The molecule has 0 aliphatic carbocycles. The molecule has 136 valence electrons. The first kappa shape index (κ1) is 17.8. The summed E-state index contributed by atoms with van der Waals surface area (Å²) in [5.74, 6) is 0.358. The third-order valence-corrected chi connectivity index (χ3v) is 5.13. The average molecular weight is 367 g/mol. The van der Waals surface area contributed by atoms with Crippen LogP contribution in [0.15, 0.2) is 12.1 Å². The molecule has 8 heteroatoms. The van der Waals surface area contributed by atoms with Crippen LogP contribution in [0.25, 0.3) is 0 Å². The summed E-state index contributed by atoms with van der Waals surface area (Å²) >= 11 is 6.08. The number of amides is 2. The van der Waals surface area contributed by atoms with Crippen molar-refractivity contribution in [1.29, 1.82) is 0 Å². The second kappa shape index (κ2) is 7.49. The van der Waals surface area contributed by atoms with Crippen molar-refractivity contribution in [1.82, 2.24) is 15.1 Å². The Bertz CT molecular complexity index is 682. The maximum Gasteiger partial charge on any atom is 0.257 e. The van der Waals surface area contributed by atoms with E-state index in [1.165, 1.54) is 7.11 Å². The predicted octanol–water partition coefficient (Wildman–Crippen LogP) is 0.967. The lowest BCUT2D eigenvalue weighted by molar-refractivity contribution is -0.135. The van der Waals surface area contributed by atoms with Crippen molar-refractivity contribution in [3.63, 3.8) is 0 Å². The van der Waals surface area contributed by atoms with E-state index in [1.807, 2.05) is 4.90 Å². The molecule has 2 saturated heterocycles. The Hall–Kier alpha value is -1.99. The van der Waals surface area contributed by atoms with Gasteiger partial charge in [-0.2, -0.15) is 0 Å². The number of carbonyl (C=O) groups excluding carboxylic acids is 2. The number of nitrogens with zero attached hydrogens (tertiary/aromatic N) is 2. The van der Waals surface area contributed by atoms with Gasteiger partial charge in [-0.3, -0.25) is 9.59 Å². The summed E-state index contributed by atoms with van der Waals surface area (Å²) in [4.78, 5) is 28.8. The molecule has 0 spiro atoms. The van der Waals surface area contributed by atoms with E-state index < -0.39 is 0 Å². The monoisotopic (exact) mass is 366 g/mol. The van der Waals surface area contributed by atoms with Crippen LogP contribution in [-0.4, -0.2) is 67.5 Å². The average Bonchev–Trinajstić information content (AvgIpc) is 2.63. The number of hydrogen-bond acceptors (Lipinski definition) is 5. The standard InChI is InChI=1S/C17H23ClN4O3/c1-25-15-8-14(19)13(18)7-12(15)17(24)21-5-2-3-11(10-21)22-6-4-20-9-16(22)23/h7-8,11,20H,2-6,9-10,19H2,1H3. The molecule has 3 rings (SSSR count). The van der Waals surface area contributed by atoms with Gasteiger partial charge in [-0.05, 0) is 18.9 Å². The lowest BCUT2D eigenvalue weighted by Crippen LogP contribution is -2.57. The summed E-state index contributed by atoms with van der Waals surface area (Å²) in [7, 11) is 1.50. The largest absolute Gasteiger partial charge is 0.496 e. The van der Waals surface area contributed by atoms with Gasteiger partial charge in [0, 0.05) is 38.3 Å². The summed E-state index contributed by atoms with van der Waals surface area (Å²) in [6.45, 7) is 3.02. The molecule has 0 radical (unpaired) electrons. The number of carbonyl (C=O) groups is 2. The maximum absolute atomic E-state index is 13.0. The van der Waals surface area contributed by atoms with Crippen LogP contribution in [-0.2, 0) is 4.79 Å². The molecule has 25 heavy (non-hydrogen) atoms. The second-order valence-electron chi connectivity index (χ2n) is 6.39. The third kappa shape index (κ3) is 3.67. The summed E-state index contributed by atoms with van der Waals surface area (Å²) in [6.07, 6.45) is 1.77. The van der Waals surface area contributed by atoms with E-state index in [0.29, 0.717) is 48.2 Å². The highest BCUT2D eigenvalue weighted by Crippen LogP contribution is 2.30. The van der Waals surface area contributed by atoms with Crippen molar-refractivity contribution in [3.8, 4) is 5.75 Å². The van der Waals surface area contributed by atoms with Crippen molar-refractivity contribution in [2.45, 2.75) is 18.9 Å². The van der Waals surface area contributed by atoms with Crippen LogP contribution in [0.1, 0.15) is 23.2 Å². The van der Waals surface area contributed by atoms with Gasteiger partial charge in [0.1, 0.15) is 5.75 Å². The smallest absolute Gasteiger partial charge is 0.257 e. The van der Waals surface area contributed by atoms with Crippen LogP contribution >= 0.6 is 11.6 Å². The van der Waals surface area contributed by atoms with E-state index in [4.69, 9.17) is 22.1 Å². The van der Waals surface area contributed by atoms with E-state index in [2.05, 4.69) is 5.32 Å². The molecule has 1 aromatic rings. The molecule has 2 aliphatic heterocycles. The van der Waals surface area contributed by atoms with E-state index in [1.54, 1.807) is 17.0 Å². The van der Waals surface area contributed by atoms with Crippen LogP contribution in [0.3, 0.4) is 0 Å². The van der Waals surface area contributed by atoms with Gasteiger partial charge in [0.25, 0.3) is 5.91 Å². The number of anilines is 1. The highest BCUT2D eigenvalue weighted by atomic mass is 35.5. The van der Waals surface area contributed by atoms with E-state index in [9.17, 15) is 9.59 Å². The van der Waals surface area contributed by atoms with Crippen LogP contribution in [0.2, 0.25) is 5.02 Å². The number of nitrogens with one attached hydrogen (secondary N) is 1. The van der Waals surface area contributed by atoms with Crippen molar-refractivity contribution >= 4 is 29.1 Å². The van der Waals surface area contributed by atoms with Gasteiger partial charge in [-0.1, -0.05) is 11.6 Å². The Morgan fingerprint density at radius 3 is 2.92 bits per heavy atom. The third-order valence-electron chi connectivity index (χ3n) is 4.80. The van der Waals surface area contributed by atoms with Gasteiger partial charge in [-0.15, -0.1) is 0 Å². The van der Waals surface area contributed by atoms with Crippen LogP contribution in [0.4, 0.5) is 5.69 Å². The van der Waals surface area contributed by atoms with Gasteiger partial charge in [0.2, 0.25) is 5.91 Å². The quantitative estimate of drug-likeness (QED) is 0.778. The van der Waals surface area contributed by atoms with E-state index >= 15 is 0 Å². The van der Waals surface area contributed by atoms with Gasteiger partial charge in [0.15, 0.2) is 0 Å². The number of nitrogens with two attached hydrogens (primary N) is 1. The van der Waals surface area contributed by atoms with E-state index in [-0.39, 0.29) is 17.9 Å².